The zero-order valence-corrected chi connectivity index (χ0v) is 17.1. The van der Waals surface area contributed by atoms with Gasteiger partial charge < -0.3 is 15.4 Å². The van der Waals surface area contributed by atoms with Gasteiger partial charge in [0.15, 0.2) is 6.04 Å². The fourth-order valence-corrected chi connectivity index (χ4v) is 5.35. The highest BCUT2D eigenvalue weighted by Crippen LogP contribution is 2.47. The van der Waals surface area contributed by atoms with Gasteiger partial charge in [0, 0.05) is 30.6 Å². The quantitative estimate of drug-likeness (QED) is 0.743. The lowest BCUT2D eigenvalue weighted by Gasteiger charge is -2.29. The number of nitrogens with one attached hydrogen (secondary N) is 2. The number of fused-ring (bicyclic) bond motifs is 2. The van der Waals surface area contributed by atoms with E-state index in [1.807, 2.05) is 19.1 Å². The first-order valence-corrected chi connectivity index (χ1v) is 10.6. The first-order valence-electron chi connectivity index (χ1n) is 10.3. The zero-order valence-electron chi connectivity index (χ0n) is 16.3. The topological polar surface area (TPSA) is 75.1 Å². The Bertz CT molecular complexity index is 797. The SMILES string of the molecule is CC1C2COC1(Cc1ccc(NC(=O)C3N=NC(C4CC4)C3(C)Cl)cc1)CN2. The van der Waals surface area contributed by atoms with Crippen LogP contribution < -0.4 is 10.6 Å². The van der Waals surface area contributed by atoms with Crippen molar-refractivity contribution in [1.82, 2.24) is 5.32 Å². The minimum atomic E-state index is -0.744. The average molecular weight is 403 g/mol. The van der Waals surface area contributed by atoms with Gasteiger partial charge in [-0.2, -0.15) is 10.2 Å². The monoisotopic (exact) mass is 402 g/mol. The van der Waals surface area contributed by atoms with E-state index in [4.69, 9.17) is 16.3 Å². The third kappa shape index (κ3) is 2.97. The van der Waals surface area contributed by atoms with Crippen LogP contribution in [0.25, 0.3) is 0 Å². The number of alkyl halides is 1. The van der Waals surface area contributed by atoms with Gasteiger partial charge in [-0.05, 0) is 43.4 Å². The first-order chi connectivity index (χ1) is 13.4. The van der Waals surface area contributed by atoms with Crippen LogP contribution in [0.5, 0.6) is 0 Å². The molecular weight excluding hydrogens is 376 g/mol. The predicted octanol–water partition coefficient (Wildman–Crippen LogP) is 3.16. The van der Waals surface area contributed by atoms with Crippen molar-refractivity contribution in [3.8, 4) is 0 Å². The van der Waals surface area contributed by atoms with Gasteiger partial charge in [-0.25, -0.2) is 0 Å². The van der Waals surface area contributed by atoms with Crippen molar-refractivity contribution < 1.29 is 9.53 Å². The molecule has 0 spiro atoms. The summed E-state index contributed by atoms with van der Waals surface area (Å²) in [6.07, 6.45) is 3.13. The van der Waals surface area contributed by atoms with Crippen molar-refractivity contribution in [3.63, 3.8) is 0 Å². The number of carbonyl (C=O) groups excluding carboxylic acids is 1. The summed E-state index contributed by atoms with van der Waals surface area (Å²) < 4.78 is 6.11. The third-order valence-corrected chi connectivity index (χ3v) is 7.54. The smallest absolute Gasteiger partial charge is 0.253 e. The molecule has 6 unspecified atom stereocenters. The Morgan fingerprint density at radius 3 is 2.64 bits per heavy atom. The molecule has 1 aliphatic carbocycles. The molecule has 4 aliphatic rings. The van der Waals surface area contributed by atoms with E-state index in [2.05, 4.69) is 39.9 Å². The van der Waals surface area contributed by atoms with Crippen molar-refractivity contribution >= 4 is 23.2 Å². The fourth-order valence-electron chi connectivity index (χ4n) is 4.99. The second-order valence-electron chi connectivity index (χ2n) is 9.08. The maximum absolute atomic E-state index is 12.8. The molecule has 3 heterocycles. The van der Waals surface area contributed by atoms with E-state index >= 15 is 0 Å². The molecule has 6 nitrogen and oxygen atoms in total. The number of nitrogens with zero attached hydrogens (tertiary/aromatic N) is 2. The van der Waals surface area contributed by atoms with Crippen LogP contribution in [0.3, 0.4) is 0 Å². The Morgan fingerprint density at radius 1 is 1.32 bits per heavy atom. The second-order valence-corrected chi connectivity index (χ2v) is 9.90. The van der Waals surface area contributed by atoms with Crippen LogP contribution in [0.2, 0.25) is 0 Å². The summed E-state index contributed by atoms with van der Waals surface area (Å²) in [4.78, 5) is 12.0. The number of azo groups is 1. The lowest BCUT2D eigenvalue weighted by molar-refractivity contribution is -0.117. The van der Waals surface area contributed by atoms with Crippen LogP contribution in [0, 0.1) is 11.8 Å². The number of carbonyl (C=O) groups is 1. The Balaban J connectivity index is 1.23. The molecule has 1 saturated carbocycles. The maximum Gasteiger partial charge on any atom is 0.253 e. The molecule has 0 aromatic heterocycles. The number of amides is 1. The van der Waals surface area contributed by atoms with E-state index in [9.17, 15) is 4.79 Å². The van der Waals surface area contributed by atoms with Crippen molar-refractivity contribution in [2.75, 3.05) is 18.5 Å². The molecule has 1 aromatic rings. The first kappa shape index (κ1) is 18.5. The number of hydrogen-bond acceptors (Lipinski definition) is 5. The lowest BCUT2D eigenvalue weighted by Crippen LogP contribution is -2.46. The van der Waals surface area contributed by atoms with Gasteiger partial charge in [0.05, 0.1) is 23.1 Å². The Labute approximate surface area is 170 Å². The third-order valence-electron chi connectivity index (χ3n) is 7.11. The number of benzene rings is 1. The van der Waals surface area contributed by atoms with Gasteiger partial charge in [0.25, 0.3) is 5.91 Å². The van der Waals surface area contributed by atoms with Crippen LogP contribution in [0.4, 0.5) is 5.69 Å². The summed E-state index contributed by atoms with van der Waals surface area (Å²) in [5, 5.41) is 15.0. The normalized spacial score (nSPS) is 41.5. The number of ether oxygens (including phenoxy) is 1. The van der Waals surface area contributed by atoms with E-state index in [0.717, 1.165) is 38.1 Å². The molecule has 5 rings (SSSR count). The standard InChI is InChI=1S/C21H27ClN4O2/c1-12-16-10-28-21(12,11-23-16)9-13-3-7-15(8-4-13)24-19(27)18-20(2,22)17(25-26-18)14-5-6-14/h3-4,7-8,12,14,16-18,23H,5-6,9-11H2,1-2H3,(H,24,27). The maximum atomic E-state index is 12.8. The van der Waals surface area contributed by atoms with Crippen molar-refractivity contribution in [2.45, 2.75) is 61.7 Å². The Hall–Kier alpha value is -1.50. The van der Waals surface area contributed by atoms with Gasteiger partial charge in [0.1, 0.15) is 0 Å². The van der Waals surface area contributed by atoms with Crippen LogP contribution in [-0.2, 0) is 16.0 Å². The second kappa shape index (κ2) is 6.51. The molecule has 6 atom stereocenters. The largest absolute Gasteiger partial charge is 0.371 e. The van der Waals surface area contributed by atoms with Gasteiger partial charge in [-0.1, -0.05) is 19.1 Å². The molecule has 0 radical (unpaired) electrons. The molecule has 1 aromatic carbocycles. The number of halogens is 1. The fraction of sp³-hybridized carbons (Fsp3) is 0.667. The van der Waals surface area contributed by atoms with Crippen LogP contribution >= 0.6 is 11.6 Å². The zero-order chi connectivity index (χ0) is 19.5. The highest BCUT2D eigenvalue weighted by atomic mass is 35.5. The molecule has 2 saturated heterocycles. The summed E-state index contributed by atoms with van der Waals surface area (Å²) >= 11 is 6.70. The molecular formula is C21H27ClN4O2. The molecule has 3 fully saturated rings. The molecule has 1 amide bonds. The Kier molecular flexibility index (Phi) is 4.30. The van der Waals surface area contributed by atoms with Gasteiger partial charge >= 0.3 is 0 Å². The van der Waals surface area contributed by atoms with Crippen LogP contribution in [-0.4, -0.2) is 47.7 Å². The van der Waals surface area contributed by atoms with Crippen LogP contribution in [0.15, 0.2) is 34.5 Å². The lowest BCUT2D eigenvalue weighted by atomic mass is 9.85. The molecule has 7 heteroatoms. The van der Waals surface area contributed by atoms with Crippen molar-refractivity contribution in [2.24, 2.45) is 22.1 Å². The van der Waals surface area contributed by atoms with Gasteiger partial charge in [-0.3, -0.25) is 4.79 Å². The van der Waals surface area contributed by atoms with E-state index < -0.39 is 10.9 Å². The minimum Gasteiger partial charge on any atom is -0.371 e. The van der Waals surface area contributed by atoms with E-state index in [0.29, 0.717) is 17.9 Å². The summed E-state index contributed by atoms with van der Waals surface area (Å²) in [6.45, 7) is 5.85. The molecule has 3 aliphatic heterocycles. The highest BCUT2D eigenvalue weighted by molar-refractivity contribution is 6.27. The van der Waals surface area contributed by atoms with Gasteiger partial charge in [0.2, 0.25) is 0 Å². The predicted molar refractivity (Wildman–Crippen MR) is 108 cm³/mol. The summed E-state index contributed by atoms with van der Waals surface area (Å²) in [5.41, 5.74) is 1.87. The number of morpholine rings is 1. The van der Waals surface area contributed by atoms with Crippen LogP contribution in [0.1, 0.15) is 32.3 Å². The molecule has 28 heavy (non-hydrogen) atoms. The summed E-state index contributed by atoms with van der Waals surface area (Å²) in [7, 11) is 0. The molecule has 2 bridgehead atoms. The molecule has 150 valence electrons. The summed E-state index contributed by atoms with van der Waals surface area (Å²) in [5.74, 6) is 0.805. The highest BCUT2D eigenvalue weighted by Gasteiger charge is 2.54. The summed E-state index contributed by atoms with van der Waals surface area (Å²) in [6, 6.07) is 7.79. The Morgan fingerprint density at radius 2 is 2.07 bits per heavy atom. The van der Waals surface area contributed by atoms with E-state index in [1.54, 1.807) is 0 Å². The van der Waals surface area contributed by atoms with Crippen molar-refractivity contribution in [3.05, 3.63) is 29.8 Å². The minimum absolute atomic E-state index is 0.0520. The van der Waals surface area contributed by atoms with Gasteiger partial charge in [-0.15, -0.1) is 11.6 Å². The van der Waals surface area contributed by atoms with E-state index in [1.165, 1.54) is 5.56 Å². The number of rotatable bonds is 5. The number of anilines is 1. The van der Waals surface area contributed by atoms with E-state index in [-0.39, 0.29) is 17.6 Å². The average Bonchev–Trinajstić information content (AvgIpc) is 3.32. The van der Waals surface area contributed by atoms with Crippen molar-refractivity contribution in [1.29, 1.82) is 0 Å². The molecule has 2 N–H and O–H groups in total. The number of hydrogen-bond donors (Lipinski definition) is 2.